The van der Waals surface area contributed by atoms with E-state index in [1.165, 1.54) is 18.3 Å². The normalized spacial score (nSPS) is 9.91. The lowest BCUT2D eigenvalue weighted by molar-refractivity contribution is -0.132. The number of nitrogens with one attached hydrogen (secondary N) is 2. The second kappa shape index (κ2) is 9.22. The third-order valence-electron chi connectivity index (χ3n) is 2.61. The highest BCUT2D eigenvalue weighted by Gasteiger charge is 2.14. The van der Waals surface area contributed by atoms with Crippen LogP contribution in [-0.4, -0.2) is 42.3 Å². The molecule has 0 saturated heterocycles. The van der Waals surface area contributed by atoms with Gasteiger partial charge in [0, 0.05) is 18.3 Å². The smallest absolute Gasteiger partial charge is 0.242 e. The number of thiophene rings is 1. The van der Waals surface area contributed by atoms with Crippen molar-refractivity contribution in [3.05, 3.63) is 34.0 Å². The molecule has 0 atom stereocenters. The van der Waals surface area contributed by atoms with E-state index in [-0.39, 0.29) is 24.9 Å². The van der Waals surface area contributed by atoms with Crippen molar-refractivity contribution in [1.29, 1.82) is 0 Å². The van der Waals surface area contributed by atoms with Gasteiger partial charge in [-0.2, -0.15) is 0 Å². The minimum atomic E-state index is -0.415. The maximum absolute atomic E-state index is 12.1. The third-order valence-corrected chi connectivity index (χ3v) is 3.83. The number of carbonyl (C=O) groups excluding carboxylic acids is 3. The molecule has 0 aliphatic carbocycles. The molecule has 0 radical (unpaired) electrons. The van der Waals surface area contributed by atoms with Gasteiger partial charge in [0.05, 0.1) is 24.0 Å². The van der Waals surface area contributed by atoms with Crippen molar-refractivity contribution in [2.45, 2.75) is 13.5 Å². The van der Waals surface area contributed by atoms with Gasteiger partial charge in [0.2, 0.25) is 17.7 Å². The lowest BCUT2D eigenvalue weighted by Crippen LogP contribution is -2.43. The molecule has 1 heterocycles. The summed E-state index contributed by atoms with van der Waals surface area (Å²) in [5.74, 6) is -0.953. The zero-order valence-corrected chi connectivity index (χ0v) is 13.8. The Hall–Kier alpha value is -1.86. The second-order valence-electron chi connectivity index (χ2n) is 4.46. The molecule has 0 bridgehead atoms. The van der Waals surface area contributed by atoms with Crippen molar-refractivity contribution in [3.8, 4) is 0 Å². The van der Waals surface area contributed by atoms with E-state index in [2.05, 4.69) is 17.2 Å². The molecule has 0 fully saturated rings. The summed E-state index contributed by atoms with van der Waals surface area (Å²) in [6.45, 7) is 5.43. The predicted molar refractivity (Wildman–Crippen MR) is 86.6 cm³/mol. The molecule has 0 unspecified atom stereocenters. The van der Waals surface area contributed by atoms with Crippen LogP contribution in [0.25, 0.3) is 0 Å². The van der Waals surface area contributed by atoms with Crippen molar-refractivity contribution in [3.63, 3.8) is 0 Å². The second-order valence-corrected chi connectivity index (χ2v) is 6.25. The molecule has 0 aliphatic heterocycles. The Bertz CT molecular complexity index is 559. The monoisotopic (exact) mass is 343 g/mol. The molecular weight excluding hydrogens is 326 g/mol. The maximum atomic E-state index is 12.1. The number of hydrogen-bond donors (Lipinski definition) is 2. The van der Waals surface area contributed by atoms with E-state index >= 15 is 0 Å². The molecular formula is C14H18ClN3O3S. The van der Waals surface area contributed by atoms with E-state index in [4.69, 9.17) is 11.6 Å². The van der Waals surface area contributed by atoms with E-state index in [9.17, 15) is 14.4 Å². The van der Waals surface area contributed by atoms with Crippen molar-refractivity contribution in [2.24, 2.45) is 0 Å². The lowest BCUT2D eigenvalue weighted by Gasteiger charge is -2.20. The molecule has 8 heteroatoms. The summed E-state index contributed by atoms with van der Waals surface area (Å²) in [6, 6.07) is 3.62. The van der Waals surface area contributed by atoms with Crippen LogP contribution in [0.4, 0.5) is 0 Å². The van der Waals surface area contributed by atoms with Gasteiger partial charge in [-0.3, -0.25) is 14.4 Å². The molecule has 120 valence electrons. The highest BCUT2D eigenvalue weighted by atomic mass is 35.5. The fourth-order valence-corrected chi connectivity index (χ4v) is 2.69. The van der Waals surface area contributed by atoms with E-state index in [1.807, 2.05) is 6.07 Å². The van der Waals surface area contributed by atoms with Crippen LogP contribution in [0.2, 0.25) is 4.34 Å². The summed E-state index contributed by atoms with van der Waals surface area (Å²) in [4.78, 5) is 36.8. The lowest BCUT2D eigenvalue weighted by atomic mass is 10.3. The van der Waals surface area contributed by atoms with Crippen LogP contribution in [0, 0.1) is 0 Å². The van der Waals surface area contributed by atoms with Crippen LogP contribution in [-0.2, 0) is 20.9 Å². The van der Waals surface area contributed by atoms with Crippen LogP contribution in [0.1, 0.15) is 11.8 Å². The Morgan fingerprint density at radius 3 is 2.59 bits per heavy atom. The number of nitrogens with zero attached hydrogens (tertiary/aromatic N) is 1. The number of rotatable bonds is 8. The largest absolute Gasteiger partial charge is 0.347 e. The van der Waals surface area contributed by atoms with Gasteiger partial charge >= 0.3 is 0 Å². The number of halogens is 1. The molecule has 0 aromatic carbocycles. The quantitative estimate of drug-likeness (QED) is 0.695. The first-order valence-corrected chi connectivity index (χ1v) is 7.76. The Morgan fingerprint density at radius 1 is 1.32 bits per heavy atom. The van der Waals surface area contributed by atoms with E-state index in [0.717, 1.165) is 4.88 Å². The SMILES string of the molecule is C=CCN(Cc1ccc(Cl)s1)C(=O)CNC(=O)CNC(C)=O. The first-order chi connectivity index (χ1) is 10.4. The molecule has 1 aromatic heterocycles. The fraction of sp³-hybridized carbons (Fsp3) is 0.357. The zero-order valence-electron chi connectivity index (χ0n) is 12.2. The Balaban J connectivity index is 2.49. The fourth-order valence-electron chi connectivity index (χ4n) is 1.59. The van der Waals surface area contributed by atoms with Crippen molar-refractivity contribution in [2.75, 3.05) is 19.6 Å². The summed E-state index contributed by atoms with van der Waals surface area (Å²) in [5, 5.41) is 4.83. The topological polar surface area (TPSA) is 78.5 Å². The molecule has 0 saturated carbocycles. The van der Waals surface area contributed by atoms with Crippen LogP contribution < -0.4 is 10.6 Å². The van der Waals surface area contributed by atoms with Gasteiger partial charge in [0.1, 0.15) is 0 Å². The summed E-state index contributed by atoms with van der Waals surface area (Å²) in [6.07, 6.45) is 1.62. The average molecular weight is 344 g/mol. The zero-order chi connectivity index (χ0) is 16.5. The number of hydrogen-bond acceptors (Lipinski definition) is 4. The van der Waals surface area contributed by atoms with Crippen LogP contribution in [0.15, 0.2) is 24.8 Å². The Morgan fingerprint density at radius 2 is 2.05 bits per heavy atom. The minimum absolute atomic E-state index is 0.134. The van der Waals surface area contributed by atoms with Gasteiger partial charge in [-0.1, -0.05) is 17.7 Å². The number of amides is 3. The molecule has 0 spiro atoms. The van der Waals surface area contributed by atoms with E-state index < -0.39 is 5.91 Å². The summed E-state index contributed by atoms with van der Waals surface area (Å²) in [7, 11) is 0. The molecule has 1 rings (SSSR count). The van der Waals surface area contributed by atoms with Crippen LogP contribution in [0.5, 0.6) is 0 Å². The molecule has 2 N–H and O–H groups in total. The molecule has 3 amide bonds. The van der Waals surface area contributed by atoms with Gasteiger partial charge in [-0.15, -0.1) is 17.9 Å². The van der Waals surface area contributed by atoms with Gasteiger partial charge in [0.25, 0.3) is 0 Å². The van der Waals surface area contributed by atoms with Crippen LogP contribution in [0.3, 0.4) is 0 Å². The van der Waals surface area contributed by atoms with Crippen molar-refractivity contribution < 1.29 is 14.4 Å². The summed E-state index contributed by atoms with van der Waals surface area (Å²) < 4.78 is 0.657. The van der Waals surface area contributed by atoms with Gasteiger partial charge in [-0.25, -0.2) is 0 Å². The van der Waals surface area contributed by atoms with Gasteiger partial charge in [0.15, 0.2) is 0 Å². The predicted octanol–water partition coefficient (Wildman–Crippen LogP) is 1.17. The Kier molecular flexibility index (Phi) is 7.62. The highest BCUT2D eigenvalue weighted by Crippen LogP contribution is 2.22. The third kappa shape index (κ3) is 6.73. The van der Waals surface area contributed by atoms with Gasteiger partial charge < -0.3 is 15.5 Å². The van der Waals surface area contributed by atoms with E-state index in [1.54, 1.807) is 17.0 Å². The summed E-state index contributed by atoms with van der Waals surface area (Å²) in [5.41, 5.74) is 0. The van der Waals surface area contributed by atoms with Gasteiger partial charge in [-0.05, 0) is 12.1 Å². The van der Waals surface area contributed by atoms with E-state index in [0.29, 0.717) is 17.4 Å². The maximum Gasteiger partial charge on any atom is 0.242 e. The number of carbonyl (C=O) groups is 3. The highest BCUT2D eigenvalue weighted by molar-refractivity contribution is 7.16. The molecule has 0 aliphatic rings. The summed E-state index contributed by atoms with van der Waals surface area (Å²) >= 11 is 7.26. The molecule has 6 nitrogen and oxygen atoms in total. The van der Waals surface area contributed by atoms with Crippen molar-refractivity contribution in [1.82, 2.24) is 15.5 Å². The first-order valence-electron chi connectivity index (χ1n) is 6.56. The standard InChI is InChI=1S/C14H18ClN3O3S/c1-3-6-18(9-11-4-5-12(15)22-11)14(21)8-17-13(20)7-16-10(2)19/h3-5H,1,6-9H2,2H3,(H,16,19)(H,17,20). The van der Waals surface area contributed by atoms with Crippen molar-refractivity contribution >= 4 is 40.7 Å². The first kappa shape index (κ1) is 18.2. The molecule has 22 heavy (non-hydrogen) atoms. The molecule has 1 aromatic rings. The average Bonchev–Trinajstić information content (AvgIpc) is 2.87. The minimum Gasteiger partial charge on any atom is -0.347 e. The Labute approximate surface area is 138 Å². The van der Waals surface area contributed by atoms with Crippen LogP contribution >= 0.6 is 22.9 Å².